The van der Waals surface area contributed by atoms with Crippen molar-refractivity contribution < 1.29 is 4.79 Å². The van der Waals surface area contributed by atoms with Crippen molar-refractivity contribution in [1.29, 1.82) is 0 Å². The molecule has 0 fully saturated rings. The predicted octanol–water partition coefficient (Wildman–Crippen LogP) is 2.12. The minimum atomic E-state index is -0.0431. The third-order valence-corrected chi connectivity index (χ3v) is 2.95. The van der Waals surface area contributed by atoms with Crippen molar-refractivity contribution in [2.45, 2.75) is 6.42 Å². The molecule has 3 nitrogen and oxygen atoms in total. The molecule has 82 valence electrons. The van der Waals surface area contributed by atoms with Crippen molar-refractivity contribution in [1.82, 2.24) is 9.69 Å². The van der Waals surface area contributed by atoms with E-state index in [0.29, 0.717) is 11.4 Å². The van der Waals surface area contributed by atoms with Gasteiger partial charge in [-0.15, -0.1) is 0 Å². The largest absolute Gasteiger partial charge is 0.351 e. The topological polar surface area (TPSA) is 42.0 Å². The third kappa shape index (κ3) is 2.90. The van der Waals surface area contributed by atoms with E-state index in [-0.39, 0.29) is 5.91 Å². The van der Waals surface area contributed by atoms with Gasteiger partial charge in [0.2, 0.25) is 0 Å². The fourth-order valence-corrected chi connectivity index (χ4v) is 1.90. The van der Waals surface area contributed by atoms with E-state index in [1.807, 2.05) is 18.2 Å². The number of carbonyl (C=O) groups is 1. The van der Waals surface area contributed by atoms with Crippen LogP contribution in [0.25, 0.3) is 0 Å². The van der Waals surface area contributed by atoms with Gasteiger partial charge in [0.25, 0.3) is 5.91 Å². The highest BCUT2D eigenvalue weighted by molar-refractivity contribution is 7.08. The van der Waals surface area contributed by atoms with Gasteiger partial charge in [0.15, 0.2) is 0 Å². The number of nitrogens with zero attached hydrogens (tertiary/aromatic N) is 1. The molecule has 1 heterocycles. The third-order valence-electron chi connectivity index (χ3n) is 2.20. The summed E-state index contributed by atoms with van der Waals surface area (Å²) in [7, 11) is 0. The van der Waals surface area contributed by atoms with Gasteiger partial charge in [-0.25, -0.2) is 4.37 Å². The van der Waals surface area contributed by atoms with Crippen LogP contribution in [-0.2, 0) is 6.42 Å². The lowest BCUT2D eigenvalue weighted by molar-refractivity contribution is 0.0958. The molecule has 2 aromatic rings. The van der Waals surface area contributed by atoms with Crippen LogP contribution in [0.15, 0.2) is 42.6 Å². The molecule has 4 heteroatoms. The fourth-order valence-electron chi connectivity index (χ4n) is 1.39. The number of hydrogen-bond acceptors (Lipinski definition) is 3. The van der Waals surface area contributed by atoms with Crippen LogP contribution in [0.1, 0.15) is 15.2 Å². The van der Waals surface area contributed by atoms with Gasteiger partial charge in [-0.3, -0.25) is 4.79 Å². The monoisotopic (exact) mass is 232 g/mol. The van der Waals surface area contributed by atoms with Gasteiger partial charge in [-0.05, 0) is 29.6 Å². The van der Waals surface area contributed by atoms with Gasteiger partial charge in [0, 0.05) is 12.7 Å². The Morgan fingerprint density at radius 1 is 1.25 bits per heavy atom. The lowest BCUT2D eigenvalue weighted by atomic mass is 10.1. The predicted molar refractivity (Wildman–Crippen MR) is 64.6 cm³/mol. The fraction of sp³-hybridized carbons (Fsp3) is 0.167. The first-order valence-corrected chi connectivity index (χ1v) is 5.86. The Bertz CT molecular complexity index is 439. The molecule has 1 aromatic carbocycles. The van der Waals surface area contributed by atoms with Crippen molar-refractivity contribution in [3.05, 3.63) is 53.0 Å². The molecule has 1 amide bonds. The quantitative estimate of drug-likeness (QED) is 0.877. The van der Waals surface area contributed by atoms with E-state index >= 15 is 0 Å². The number of carbonyl (C=O) groups excluding carboxylic acids is 1. The second-order valence-electron chi connectivity index (χ2n) is 3.37. The van der Waals surface area contributed by atoms with E-state index < -0.39 is 0 Å². The van der Waals surface area contributed by atoms with E-state index in [2.05, 4.69) is 21.8 Å². The minimum absolute atomic E-state index is 0.0431. The molecule has 0 unspecified atom stereocenters. The average molecular weight is 232 g/mol. The molecule has 1 aromatic heterocycles. The molecule has 0 saturated heterocycles. The molecule has 16 heavy (non-hydrogen) atoms. The molecule has 0 bridgehead atoms. The summed E-state index contributed by atoms with van der Waals surface area (Å²) in [5.74, 6) is -0.0431. The smallest absolute Gasteiger partial charge is 0.262 e. The van der Waals surface area contributed by atoms with E-state index in [9.17, 15) is 4.79 Å². The zero-order valence-electron chi connectivity index (χ0n) is 8.72. The summed E-state index contributed by atoms with van der Waals surface area (Å²) >= 11 is 1.22. The number of rotatable bonds is 4. The van der Waals surface area contributed by atoms with Crippen LogP contribution in [0.3, 0.4) is 0 Å². The highest BCUT2D eigenvalue weighted by Crippen LogP contribution is 2.04. The highest BCUT2D eigenvalue weighted by Gasteiger charge is 2.05. The normalized spacial score (nSPS) is 10.0. The average Bonchev–Trinajstić information content (AvgIpc) is 2.84. The van der Waals surface area contributed by atoms with Gasteiger partial charge < -0.3 is 5.32 Å². The molecule has 0 atom stereocenters. The molecule has 0 radical (unpaired) electrons. The van der Waals surface area contributed by atoms with Gasteiger partial charge in [0.1, 0.15) is 4.88 Å². The van der Waals surface area contributed by atoms with Crippen LogP contribution in [0.5, 0.6) is 0 Å². The molecule has 1 N–H and O–H groups in total. The van der Waals surface area contributed by atoms with Crippen molar-refractivity contribution in [3.63, 3.8) is 0 Å². The summed E-state index contributed by atoms with van der Waals surface area (Å²) in [6.07, 6.45) is 2.49. The Morgan fingerprint density at radius 2 is 2.06 bits per heavy atom. The van der Waals surface area contributed by atoms with Crippen LogP contribution < -0.4 is 5.32 Å². The Morgan fingerprint density at radius 3 is 2.75 bits per heavy atom. The van der Waals surface area contributed by atoms with Crippen LogP contribution in [0.4, 0.5) is 0 Å². The summed E-state index contributed by atoms with van der Waals surface area (Å²) in [6, 6.07) is 11.8. The van der Waals surface area contributed by atoms with Crippen molar-refractivity contribution in [2.24, 2.45) is 0 Å². The zero-order chi connectivity index (χ0) is 11.2. The second-order valence-corrected chi connectivity index (χ2v) is 4.20. The first-order chi connectivity index (χ1) is 7.86. The van der Waals surface area contributed by atoms with Gasteiger partial charge in [-0.2, -0.15) is 0 Å². The molecular weight excluding hydrogens is 220 g/mol. The maximum atomic E-state index is 11.6. The van der Waals surface area contributed by atoms with Crippen LogP contribution >= 0.6 is 11.5 Å². The number of amides is 1. The Balaban J connectivity index is 1.79. The Hall–Kier alpha value is -1.68. The Kier molecular flexibility index (Phi) is 3.66. The summed E-state index contributed by atoms with van der Waals surface area (Å²) in [4.78, 5) is 12.2. The highest BCUT2D eigenvalue weighted by atomic mass is 32.1. The molecule has 0 aliphatic heterocycles. The molecule has 0 aliphatic carbocycles. The minimum Gasteiger partial charge on any atom is -0.351 e. The van der Waals surface area contributed by atoms with Crippen molar-refractivity contribution >= 4 is 17.4 Å². The maximum Gasteiger partial charge on any atom is 0.262 e. The lowest BCUT2D eigenvalue weighted by Gasteiger charge is -2.03. The summed E-state index contributed by atoms with van der Waals surface area (Å²) < 4.78 is 3.89. The van der Waals surface area contributed by atoms with Gasteiger partial charge in [-0.1, -0.05) is 30.3 Å². The number of aromatic nitrogens is 1. The first kappa shape index (κ1) is 10.8. The van der Waals surface area contributed by atoms with E-state index in [1.54, 1.807) is 12.3 Å². The van der Waals surface area contributed by atoms with Gasteiger partial charge in [0.05, 0.1) is 0 Å². The second kappa shape index (κ2) is 5.42. The zero-order valence-corrected chi connectivity index (χ0v) is 9.54. The molecule has 0 aliphatic rings. The van der Waals surface area contributed by atoms with Crippen LogP contribution in [-0.4, -0.2) is 16.8 Å². The summed E-state index contributed by atoms with van der Waals surface area (Å²) in [5, 5.41) is 2.87. The first-order valence-electron chi connectivity index (χ1n) is 5.09. The Labute approximate surface area is 98.3 Å². The van der Waals surface area contributed by atoms with Crippen molar-refractivity contribution in [2.75, 3.05) is 6.54 Å². The van der Waals surface area contributed by atoms with E-state index in [0.717, 1.165) is 6.42 Å². The number of nitrogens with one attached hydrogen (secondary N) is 1. The maximum absolute atomic E-state index is 11.6. The molecule has 0 spiro atoms. The number of benzene rings is 1. The molecule has 2 rings (SSSR count). The summed E-state index contributed by atoms with van der Waals surface area (Å²) in [6.45, 7) is 0.654. The van der Waals surface area contributed by atoms with Crippen LogP contribution in [0, 0.1) is 0 Å². The van der Waals surface area contributed by atoms with Crippen molar-refractivity contribution in [3.8, 4) is 0 Å². The van der Waals surface area contributed by atoms with E-state index in [4.69, 9.17) is 0 Å². The molecule has 0 saturated carbocycles. The van der Waals surface area contributed by atoms with E-state index in [1.165, 1.54) is 17.1 Å². The molecular formula is C12H12N2OS. The standard InChI is InChI=1S/C12H12N2OS/c15-12(11-7-9-14-16-11)13-8-6-10-4-2-1-3-5-10/h1-5,7,9H,6,8H2,(H,13,15). The van der Waals surface area contributed by atoms with Crippen LogP contribution in [0.2, 0.25) is 0 Å². The lowest BCUT2D eigenvalue weighted by Crippen LogP contribution is -2.24. The summed E-state index contributed by atoms with van der Waals surface area (Å²) in [5.41, 5.74) is 1.23. The van der Waals surface area contributed by atoms with Gasteiger partial charge >= 0.3 is 0 Å². The SMILES string of the molecule is O=C(NCCc1ccccc1)c1ccns1. The number of hydrogen-bond donors (Lipinski definition) is 1.